The van der Waals surface area contributed by atoms with Crippen molar-refractivity contribution in [3.05, 3.63) is 35.4 Å². The van der Waals surface area contributed by atoms with Crippen LogP contribution in [0.2, 0.25) is 0 Å². The van der Waals surface area contributed by atoms with E-state index in [0.29, 0.717) is 5.92 Å². The van der Waals surface area contributed by atoms with E-state index in [9.17, 15) is 0 Å². The first-order valence-corrected chi connectivity index (χ1v) is 6.99. The smallest absolute Gasteiger partial charge is 0.0638 e. The summed E-state index contributed by atoms with van der Waals surface area (Å²) in [6.07, 6.45) is 2.27. The zero-order valence-corrected chi connectivity index (χ0v) is 11.8. The first-order chi connectivity index (χ1) is 8.72. The van der Waals surface area contributed by atoms with E-state index in [2.05, 4.69) is 31.2 Å². The largest absolute Gasteiger partial charge is 0.384 e. The lowest BCUT2D eigenvalue weighted by atomic mass is 9.93. The lowest BCUT2D eigenvalue weighted by Gasteiger charge is -2.20. The zero-order chi connectivity index (χ0) is 13.0. The average molecular weight is 269 g/mol. The molecule has 2 nitrogen and oxygen atoms in total. The van der Waals surface area contributed by atoms with Crippen LogP contribution in [0.25, 0.3) is 0 Å². The minimum Gasteiger partial charge on any atom is -0.384 e. The Hall–Kier alpha value is -0.570. The van der Waals surface area contributed by atoms with Gasteiger partial charge in [-0.05, 0) is 30.9 Å². The quantitative estimate of drug-likeness (QED) is 0.760. The van der Waals surface area contributed by atoms with Crippen LogP contribution in [-0.2, 0) is 15.9 Å². The number of methoxy groups -OCH3 is 1. The number of hydrogen-bond donors (Lipinski definition) is 0. The van der Waals surface area contributed by atoms with Crippen molar-refractivity contribution in [3.8, 4) is 0 Å². The van der Waals surface area contributed by atoms with Crippen LogP contribution >= 0.6 is 11.6 Å². The number of hydrogen-bond acceptors (Lipinski definition) is 2. The molecule has 1 heterocycles. The molecular weight excluding hydrogens is 248 g/mol. The molecule has 0 amide bonds. The maximum Gasteiger partial charge on any atom is 0.0638 e. The van der Waals surface area contributed by atoms with Crippen molar-refractivity contribution in [3.63, 3.8) is 0 Å². The Morgan fingerprint density at radius 2 is 2.11 bits per heavy atom. The Kier molecular flexibility index (Phi) is 5.04. The molecule has 18 heavy (non-hydrogen) atoms. The van der Waals surface area contributed by atoms with E-state index in [-0.39, 0.29) is 11.5 Å². The van der Waals surface area contributed by atoms with Crippen LogP contribution < -0.4 is 0 Å². The summed E-state index contributed by atoms with van der Waals surface area (Å²) in [5, 5.41) is 0.0546. The summed E-state index contributed by atoms with van der Waals surface area (Å²) in [7, 11) is 1.73. The van der Waals surface area contributed by atoms with Gasteiger partial charge in [-0.1, -0.05) is 24.3 Å². The van der Waals surface area contributed by atoms with Gasteiger partial charge < -0.3 is 9.47 Å². The van der Waals surface area contributed by atoms with Gasteiger partial charge in [0.2, 0.25) is 0 Å². The standard InChI is InChI=1S/C15H21ClO2/c1-11-14(8-10-18-11)15(16)13-5-3-12(4-6-13)7-9-17-2/h3-6,11,14-15H,7-10H2,1-2H3. The summed E-state index contributed by atoms with van der Waals surface area (Å²) in [6, 6.07) is 8.55. The van der Waals surface area contributed by atoms with Crippen LogP contribution in [0.15, 0.2) is 24.3 Å². The fraction of sp³-hybridized carbons (Fsp3) is 0.600. The first kappa shape index (κ1) is 13.9. The van der Waals surface area contributed by atoms with Gasteiger partial charge in [-0.25, -0.2) is 0 Å². The van der Waals surface area contributed by atoms with Crippen LogP contribution in [0.1, 0.15) is 29.8 Å². The molecule has 0 aliphatic carbocycles. The molecule has 3 unspecified atom stereocenters. The second-order valence-corrected chi connectivity index (χ2v) is 5.38. The molecule has 2 rings (SSSR count). The molecule has 0 spiro atoms. The number of ether oxygens (including phenoxy) is 2. The van der Waals surface area contributed by atoms with Gasteiger partial charge in [-0.3, -0.25) is 0 Å². The highest BCUT2D eigenvalue weighted by Crippen LogP contribution is 2.37. The van der Waals surface area contributed by atoms with Crippen LogP contribution in [0.3, 0.4) is 0 Å². The molecule has 1 aromatic rings. The lowest BCUT2D eigenvalue weighted by Crippen LogP contribution is -2.16. The second kappa shape index (κ2) is 6.55. The molecule has 3 heteroatoms. The molecule has 0 aromatic heterocycles. The van der Waals surface area contributed by atoms with Gasteiger partial charge in [-0.2, -0.15) is 0 Å². The van der Waals surface area contributed by atoms with E-state index in [4.69, 9.17) is 21.1 Å². The summed E-state index contributed by atoms with van der Waals surface area (Å²) in [6.45, 7) is 3.71. The van der Waals surface area contributed by atoms with E-state index in [1.165, 1.54) is 11.1 Å². The van der Waals surface area contributed by atoms with Crippen molar-refractivity contribution in [2.24, 2.45) is 5.92 Å². The van der Waals surface area contributed by atoms with E-state index < -0.39 is 0 Å². The van der Waals surface area contributed by atoms with Crippen LogP contribution in [0.5, 0.6) is 0 Å². The Labute approximate surface area is 114 Å². The molecule has 0 bridgehead atoms. The summed E-state index contributed by atoms with van der Waals surface area (Å²) in [4.78, 5) is 0. The van der Waals surface area contributed by atoms with Gasteiger partial charge in [-0.15, -0.1) is 11.6 Å². The maximum atomic E-state index is 6.56. The highest BCUT2D eigenvalue weighted by molar-refractivity contribution is 6.21. The predicted octanol–water partition coefficient (Wildman–Crippen LogP) is 3.58. The number of alkyl halides is 1. The molecule has 3 atom stereocenters. The minimum absolute atomic E-state index is 0.0546. The van der Waals surface area contributed by atoms with Gasteiger partial charge in [0.15, 0.2) is 0 Å². The zero-order valence-electron chi connectivity index (χ0n) is 11.1. The molecule has 1 fully saturated rings. The first-order valence-electron chi connectivity index (χ1n) is 6.56. The van der Waals surface area contributed by atoms with Gasteiger partial charge >= 0.3 is 0 Å². The fourth-order valence-electron chi connectivity index (χ4n) is 2.47. The van der Waals surface area contributed by atoms with Crippen LogP contribution in [0, 0.1) is 5.92 Å². The topological polar surface area (TPSA) is 18.5 Å². The van der Waals surface area contributed by atoms with Crippen molar-refractivity contribution in [1.82, 2.24) is 0 Å². The Bertz CT molecular complexity index is 363. The molecule has 0 N–H and O–H groups in total. The third kappa shape index (κ3) is 3.25. The molecule has 0 saturated carbocycles. The van der Waals surface area contributed by atoms with E-state index in [1.807, 2.05) is 0 Å². The average Bonchev–Trinajstić information content (AvgIpc) is 2.82. The van der Waals surface area contributed by atoms with Crippen molar-refractivity contribution < 1.29 is 9.47 Å². The van der Waals surface area contributed by atoms with Crippen molar-refractivity contribution >= 4 is 11.6 Å². The monoisotopic (exact) mass is 268 g/mol. The fourth-order valence-corrected chi connectivity index (χ4v) is 2.94. The summed E-state index contributed by atoms with van der Waals surface area (Å²) < 4.78 is 10.7. The summed E-state index contributed by atoms with van der Waals surface area (Å²) in [5.41, 5.74) is 2.49. The molecule has 100 valence electrons. The molecule has 0 radical (unpaired) electrons. The highest BCUT2D eigenvalue weighted by atomic mass is 35.5. The molecule has 1 saturated heterocycles. The van der Waals surface area contributed by atoms with Crippen LogP contribution in [-0.4, -0.2) is 26.4 Å². The van der Waals surface area contributed by atoms with Gasteiger partial charge in [0, 0.05) is 19.6 Å². The lowest BCUT2D eigenvalue weighted by molar-refractivity contribution is 0.105. The maximum absolute atomic E-state index is 6.56. The highest BCUT2D eigenvalue weighted by Gasteiger charge is 2.31. The molecule has 1 aliphatic heterocycles. The Morgan fingerprint density at radius 3 is 2.67 bits per heavy atom. The third-order valence-electron chi connectivity index (χ3n) is 3.70. The Balaban J connectivity index is 2.00. The number of rotatable bonds is 5. The number of halogens is 1. The SMILES string of the molecule is COCCc1ccc(C(Cl)C2CCOC2C)cc1. The Morgan fingerprint density at radius 1 is 1.39 bits per heavy atom. The van der Waals surface area contributed by atoms with E-state index in [1.54, 1.807) is 7.11 Å². The van der Waals surface area contributed by atoms with Gasteiger partial charge in [0.25, 0.3) is 0 Å². The van der Waals surface area contributed by atoms with Crippen molar-refractivity contribution in [2.45, 2.75) is 31.2 Å². The predicted molar refractivity (Wildman–Crippen MR) is 74.1 cm³/mol. The molecule has 1 aromatic carbocycles. The number of benzene rings is 1. The summed E-state index contributed by atoms with van der Waals surface area (Å²) >= 11 is 6.56. The normalized spacial score (nSPS) is 25.3. The second-order valence-electron chi connectivity index (χ2n) is 4.91. The van der Waals surface area contributed by atoms with Crippen molar-refractivity contribution in [1.29, 1.82) is 0 Å². The van der Waals surface area contributed by atoms with Crippen molar-refractivity contribution in [2.75, 3.05) is 20.3 Å². The van der Waals surface area contributed by atoms with E-state index >= 15 is 0 Å². The van der Waals surface area contributed by atoms with E-state index in [0.717, 1.165) is 26.1 Å². The van der Waals surface area contributed by atoms with Gasteiger partial charge in [0.1, 0.15) is 0 Å². The van der Waals surface area contributed by atoms with Crippen LogP contribution in [0.4, 0.5) is 0 Å². The third-order valence-corrected chi connectivity index (χ3v) is 4.28. The molecule has 1 aliphatic rings. The van der Waals surface area contributed by atoms with Gasteiger partial charge in [0.05, 0.1) is 18.1 Å². The molecular formula is C15H21ClO2. The summed E-state index contributed by atoms with van der Waals surface area (Å²) in [5.74, 6) is 0.427. The minimum atomic E-state index is 0.0546.